The first kappa shape index (κ1) is 14.0. The van der Waals surface area contributed by atoms with Crippen molar-refractivity contribution in [2.24, 2.45) is 5.92 Å². The van der Waals surface area contributed by atoms with E-state index in [1.165, 1.54) is 35.8 Å². The minimum atomic E-state index is 0.210. The van der Waals surface area contributed by atoms with Crippen LogP contribution in [-0.4, -0.2) is 29.6 Å². The number of benzene rings is 1. The Morgan fingerprint density at radius 3 is 2.73 bits per heavy atom. The summed E-state index contributed by atoms with van der Waals surface area (Å²) in [6.07, 6.45) is 8.00. The third kappa shape index (κ3) is 2.38. The van der Waals surface area contributed by atoms with Gasteiger partial charge < -0.3 is 9.47 Å². The highest BCUT2D eigenvalue weighted by molar-refractivity contribution is 5.88. The van der Waals surface area contributed by atoms with Crippen LogP contribution in [-0.2, 0) is 19.4 Å². The molecular formula is C19H24N2O. The van der Waals surface area contributed by atoms with Crippen molar-refractivity contribution in [2.45, 2.75) is 38.6 Å². The van der Waals surface area contributed by atoms with Gasteiger partial charge in [-0.15, -0.1) is 0 Å². The first-order chi connectivity index (χ1) is 10.7. The lowest BCUT2D eigenvalue weighted by Gasteiger charge is -2.29. The third-order valence-electron chi connectivity index (χ3n) is 5.46. The number of aryl methyl sites for hydroxylation is 2. The van der Waals surface area contributed by atoms with Crippen LogP contribution in [0, 0.1) is 5.92 Å². The van der Waals surface area contributed by atoms with Gasteiger partial charge in [0, 0.05) is 18.1 Å². The Morgan fingerprint density at radius 1 is 1.14 bits per heavy atom. The molecule has 0 bridgehead atoms. The van der Waals surface area contributed by atoms with Gasteiger partial charge in [0.2, 0.25) is 0 Å². The molecule has 0 unspecified atom stereocenters. The van der Waals surface area contributed by atoms with E-state index in [1.54, 1.807) is 0 Å². The van der Waals surface area contributed by atoms with Crippen molar-refractivity contribution in [1.82, 2.24) is 9.47 Å². The van der Waals surface area contributed by atoms with Crippen LogP contribution in [0.2, 0.25) is 0 Å². The minimum Gasteiger partial charge on any atom is -0.314 e. The van der Waals surface area contributed by atoms with Crippen molar-refractivity contribution in [3.05, 3.63) is 45.9 Å². The highest BCUT2D eigenvalue weighted by Gasteiger charge is 2.20. The largest absolute Gasteiger partial charge is 0.314 e. The summed E-state index contributed by atoms with van der Waals surface area (Å²) in [5.74, 6) is 0.644. The molecule has 0 N–H and O–H groups in total. The van der Waals surface area contributed by atoms with Gasteiger partial charge in [-0.2, -0.15) is 0 Å². The standard InChI is InChI=1S/C19H24N2O/c1-20-10-8-14(9-11-20)12-21-13-16-6-2-4-15-5-3-7-17(18(15)16)19(21)22/h3,5,7,13-14H,2,4,6,8-12H2,1H3. The number of likely N-dealkylation sites (tertiary alicyclic amines) is 1. The van der Waals surface area contributed by atoms with Gasteiger partial charge in [0.05, 0.1) is 0 Å². The fourth-order valence-electron chi connectivity index (χ4n) is 4.15. The first-order valence-electron chi connectivity index (χ1n) is 8.55. The van der Waals surface area contributed by atoms with E-state index in [9.17, 15) is 4.79 Å². The zero-order valence-electron chi connectivity index (χ0n) is 13.3. The molecule has 1 aliphatic carbocycles. The van der Waals surface area contributed by atoms with Gasteiger partial charge in [0.1, 0.15) is 0 Å². The van der Waals surface area contributed by atoms with Gasteiger partial charge in [-0.25, -0.2) is 0 Å². The van der Waals surface area contributed by atoms with Gasteiger partial charge in [-0.3, -0.25) is 4.79 Å². The van der Waals surface area contributed by atoms with Gasteiger partial charge in [-0.1, -0.05) is 12.1 Å². The molecule has 1 aliphatic heterocycles. The molecule has 4 rings (SSSR count). The van der Waals surface area contributed by atoms with Crippen molar-refractivity contribution in [2.75, 3.05) is 20.1 Å². The quantitative estimate of drug-likeness (QED) is 0.851. The molecule has 2 aromatic rings. The number of nitrogens with zero attached hydrogens (tertiary/aromatic N) is 2. The van der Waals surface area contributed by atoms with Gasteiger partial charge in [0.15, 0.2) is 0 Å². The second-order valence-electron chi connectivity index (χ2n) is 7.05. The molecule has 2 aliphatic rings. The predicted octanol–water partition coefficient (Wildman–Crippen LogP) is 2.83. The molecule has 22 heavy (non-hydrogen) atoms. The zero-order valence-corrected chi connectivity index (χ0v) is 13.3. The Morgan fingerprint density at radius 2 is 1.91 bits per heavy atom. The van der Waals surface area contributed by atoms with Crippen LogP contribution in [0.15, 0.2) is 29.2 Å². The van der Waals surface area contributed by atoms with Crippen LogP contribution in [0.4, 0.5) is 0 Å². The lowest BCUT2D eigenvalue weighted by molar-refractivity contribution is 0.204. The van der Waals surface area contributed by atoms with Crippen LogP contribution in [0.25, 0.3) is 10.8 Å². The summed E-state index contributed by atoms with van der Waals surface area (Å²) in [5.41, 5.74) is 2.95. The molecule has 1 aromatic heterocycles. The zero-order chi connectivity index (χ0) is 15.1. The number of hydrogen-bond acceptors (Lipinski definition) is 2. The van der Waals surface area contributed by atoms with Crippen molar-refractivity contribution >= 4 is 10.8 Å². The Kier molecular flexibility index (Phi) is 3.53. The van der Waals surface area contributed by atoms with Crippen LogP contribution >= 0.6 is 0 Å². The molecule has 116 valence electrons. The monoisotopic (exact) mass is 296 g/mol. The van der Waals surface area contributed by atoms with Crippen LogP contribution in [0.3, 0.4) is 0 Å². The van der Waals surface area contributed by atoms with E-state index in [0.29, 0.717) is 5.92 Å². The average molecular weight is 296 g/mol. The summed E-state index contributed by atoms with van der Waals surface area (Å²) < 4.78 is 2.00. The molecule has 1 fully saturated rings. The Bertz CT molecular complexity index is 754. The average Bonchev–Trinajstić information content (AvgIpc) is 2.54. The summed E-state index contributed by atoms with van der Waals surface area (Å²) in [4.78, 5) is 15.2. The number of piperidine rings is 1. The van der Waals surface area contributed by atoms with E-state index in [2.05, 4.69) is 24.2 Å². The molecule has 2 heterocycles. The Hall–Kier alpha value is -1.61. The maximum absolute atomic E-state index is 12.9. The topological polar surface area (TPSA) is 25.2 Å². The molecule has 0 atom stereocenters. The smallest absolute Gasteiger partial charge is 0.258 e. The fraction of sp³-hybridized carbons (Fsp3) is 0.526. The van der Waals surface area contributed by atoms with Crippen LogP contribution in [0.1, 0.15) is 30.4 Å². The van der Waals surface area contributed by atoms with Crippen molar-refractivity contribution in [3.8, 4) is 0 Å². The second-order valence-corrected chi connectivity index (χ2v) is 7.05. The molecular weight excluding hydrogens is 272 g/mol. The predicted molar refractivity (Wildman–Crippen MR) is 90.5 cm³/mol. The summed E-state index contributed by atoms with van der Waals surface area (Å²) in [7, 11) is 2.18. The van der Waals surface area contributed by atoms with Gasteiger partial charge in [-0.05, 0) is 80.7 Å². The number of pyridine rings is 1. The van der Waals surface area contributed by atoms with Crippen molar-refractivity contribution in [1.29, 1.82) is 0 Å². The van der Waals surface area contributed by atoms with E-state index in [4.69, 9.17) is 0 Å². The minimum absolute atomic E-state index is 0.210. The fourth-order valence-corrected chi connectivity index (χ4v) is 4.15. The molecule has 0 amide bonds. The lowest BCUT2D eigenvalue weighted by atomic mass is 9.90. The molecule has 3 heteroatoms. The summed E-state index contributed by atoms with van der Waals surface area (Å²) >= 11 is 0. The van der Waals surface area contributed by atoms with E-state index in [1.807, 2.05) is 16.7 Å². The van der Waals surface area contributed by atoms with E-state index in [-0.39, 0.29) is 5.56 Å². The van der Waals surface area contributed by atoms with E-state index < -0.39 is 0 Å². The maximum Gasteiger partial charge on any atom is 0.258 e. The maximum atomic E-state index is 12.9. The molecule has 1 saturated heterocycles. The third-order valence-corrected chi connectivity index (χ3v) is 5.46. The SMILES string of the molecule is CN1CCC(Cn2cc3c4c(cccc4c2=O)CCC3)CC1. The van der Waals surface area contributed by atoms with E-state index >= 15 is 0 Å². The number of rotatable bonds is 2. The van der Waals surface area contributed by atoms with Gasteiger partial charge >= 0.3 is 0 Å². The number of hydrogen-bond donors (Lipinski definition) is 0. The Balaban J connectivity index is 1.73. The molecule has 1 aromatic carbocycles. The van der Waals surface area contributed by atoms with Crippen LogP contribution < -0.4 is 5.56 Å². The normalized spacial score (nSPS) is 19.7. The highest BCUT2D eigenvalue weighted by Crippen LogP contribution is 2.28. The van der Waals surface area contributed by atoms with E-state index in [0.717, 1.165) is 37.9 Å². The summed E-state index contributed by atoms with van der Waals surface area (Å²) in [6.45, 7) is 3.20. The molecule has 0 radical (unpaired) electrons. The highest BCUT2D eigenvalue weighted by atomic mass is 16.1. The number of aromatic nitrogens is 1. The first-order valence-corrected chi connectivity index (χ1v) is 8.55. The second kappa shape index (κ2) is 5.54. The molecule has 0 spiro atoms. The summed E-state index contributed by atoms with van der Waals surface area (Å²) in [6, 6.07) is 6.25. The van der Waals surface area contributed by atoms with Gasteiger partial charge in [0.25, 0.3) is 5.56 Å². The van der Waals surface area contributed by atoms with Crippen molar-refractivity contribution < 1.29 is 0 Å². The summed E-state index contributed by atoms with van der Waals surface area (Å²) in [5, 5.41) is 2.18. The Labute approximate surface area is 131 Å². The molecule has 3 nitrogen and oxygen atoms in total. The molecule has 0 saturated carbocycles. The van der Waals surface area contributed by atoms with Crippen molar-refractivity contribution in [3.63, 3.8) is 0 Å². The van der Waals surface area contributed by atoms with Crippen LogP contribution in [0.5, 0.6) is 0 Å². The lowest BCUT2D eigenvalue weighted by Crippen LogP contribution is -2.34.